The number of rotatable bonds is 10. The number of hydrogen-bond acceptors (Lipinski definition) is 8. The van der Waals surface area contributed by atoms with Crippen LogP contribution in [0.5, 0.6) is 5.75 Å². The minimum absolute atomic E-state index is 0.0965. The standard InChI is InChI=1S/C23H23N5O5S2/c29-20-8-6-16(7-9-20)12-18(13-22(30)26-31)28-19(14-24-27-28)15-25-35(32,33)23-11-10-21(34-23)17-4-2-1-3-5-17/h1-11,14,18,25,29,31H,12-13,15H2,(H,26,30)/t18-/m1/s1. The zero-order valence-electron chi connectivity index (χ0n) is 18.4. The fourth-order valence-electron chi connectivity index (χ4n) is 3.57. The van der Waals surface area contributed by atoms with Gasteiger partial charge in [-0.3, -0.25) is 10.0 Å². The fourth-order valence-corrected chi connectivity index (χ4v) is 5.93. The van der Waals surface area contributed by atoms with Gasteiger partial charge in [-0.1, -0.05) is 47.7 Å². The molecule has 4 rings (SSSR count). The quantitative estimate of drug-likeness (QED) is 0.188. The molecule has 2 heterocycles. The molecule has 0 aliphatic heterocycles. The summed E-state index contributed by atoms with van der Waals surface area (Å²) < 4.78 is 30.1. The Morgan fingerprint density at radius 1 is 1.06 bits per heavy atom. The van der Waals surface area contributed by atoms with Crippen molar-refractivity contribution >= 4 is 27.3 Å². The molecule has 12 heteroatoms. The van der Waals surface area contributed by atoms with Gasteiger partial charge in [0.15, 0.2) is 0 Å². The van der Waals surface area contributed by atoms with Crippen molar-refractivity contribution in [2.45, 2.75) is 29.6 Å². The van der Waals surface area contributed by atoms with Gasteiger partial charge >= 0.3 is 0 Å². The Balaban J connectivity index is 1.51. The molecule has 0 aliphatic carbocycles. The first-order valence-corrected chi connectivity index (χ1v) is 12.9. The molecule has 35 heavy (non-hydrogen) atoms. The van der Waals surface area contributed by atoms with E-state index in [1.165, 1.54) is 34.3 Å². The minimum Gasteiger partial charge on any atom is -0.508 e. The number of thiophene rings is 1. The molecule has 0 bridgehead atoms. The lowest BCUT2D eigenvalue weighted by molar-refractivity contribution is -0.130. The molecule has 4 aromatic rings. The Morgan fingerprint density at radius 3 is 2.51 bits per heavy atom. The number of carbonyl (C=O) groups is 1. The molecule has 1 atom stereocenters. The molecule has 1 amide bonds. The predicted molar refractivity (Wildman–Crippen MR) is 129 cm³/mol. The highest BCUT2D eigenvalue weighted by Gasteiger charge is 2.23. The van der Waals surface area contributed by atoms with E-state index in [-0.39, 0.29) is 22.9 Å². The summed E-state index contributed by atoms with van der Waals surface area (Å²) in [7, 11) is -3.80. The maximum atomic E-state index is 12.9. The third-order valence-corrected chi connectivity index (χ3v) is 8.32. The van der Waals surface area contributed by atoms with Crippen molar-refractivity contribution in [3.05, 3.63) is 84.2 Å². The first-order chi connectivity index (χ1) is 16.9. The number of carbonyl (C=O) groups excluding carboxylic acids is 1. The van der Waals surface area contributed by atoms with E-state index < -0.39 is 22.0 Å². The average molecular weight is 514 g/mol. The summed E-state index contributed by atoms with van der Waals surface area (Å²) >= 11 is 1.17. The zero-order valence-corrected chi connectivity index (χ0v) is 20.0. The van der Waals surface area contributed by atoms with Gasteiger partial charge in [0.25, 0.3) is 0 Å². The van der Waals surface area contributed by atoms with Gasteiger partial charge in [-0.15, -0.1) is 16.4 Å². The largest absolute Gasteiger partial charge is 0.508 e. The number of amides is 1. The SMILES string of the molecule is O=C(C[C@@H](Cc1ccc(O)cc1)n1nncc1CNS(=O)(=O)c1ccc(-c2ccccc2)s1)NO. The van der Waals surface area contributed by atoms with E-state index in [0.29, 0.717) is 12.1 Å². The van der Waals surface area contributed by atoms with Gasteiger partial charge in [-0.2, -0.15) is 0 Å². The number of aromatic nitrogens is 3. The first kappa shape index (κ1) is 24.5. The van der Waals surface area contributed by atoms with E-state index in [4.69, 9.17) is 5.21 Å². The molecule has 182 valence electrons. The van der Waals surface area contributed by atoms with Crippen LogP contribution in [0.4, 0.5) is 0 Å². The number of benzene rings is 2. The molecule has 0 aliphatic rings. The topological polar surface area (TPSA) is 146 Å². The third-order valence-electron chi connectivity index (χ3n) is 5.30. The Labute approximate surface area is 205 Å². The number of phenolic OH excluding ortho intramolecular Hbond substituents is 1. The van der Waals surface area contributed by atoms with E-state index in [1.807, 2.05) is 30.3 Å². The molecule has 0 unspecified atom stereocenters. The van der Waals surface area contributed by atoms with Crippen LogP contribution < -0.4 is 10.2 Å². The number of nitrogens with one attached hydrogen (secondary N) is 2. The number of nitrogens with zero attached hydrogens (tertiary/aromatic N) is 3. The zero-order chi connectivity index (χ0) is 24.8. The summed E-state index contributed by atoms with van der Waals surface area (Å²) in [6.45, 7) is -0.0965. The van der Waals surface area contributed by atoms with E-state index in [9.17, 15) is 18.3 Å². The first-order valence-electron chi connectivity index (χ1n) is 10.6. The summed E-state index contributed by atoms with van der Waals surface area (Å²) in [5.41, 5.74) is 3.81. The molecule has 2 aromatic heterocycles. The number of hydrogen-bond donors (Lipinski definition) is 4. The molecular formula is C23H23N5O5S2. The molecule has 4 N–H and O–H groups in total. The second-order valence-electron chi connectivity index (χ2n) is 7.74. The fraction of sp³-hybridized carbons (Fsp3) is 0.174. The lowest BCUT2D eigenvalue weighted by atomic mass is 10.0. The van der Waals surface area contributed by atoms with Crippen LogP contribution in [-0.4, -0.2) is 39.6 Å². The van der Waals surface area contributed by atoms with Crippen molar-refractivity contribution in [1.29, 1.82) is 0 Å². The van der Waals surface area contributed by atoms with Gasteiger partial charge in [0.05, 0.1) is 30.9 Å². The second kappa shape index (κ2) is 10.8. The van der Waals surface area contributed by atoms with Crippen LogP contribution in [0.15, 0.2) is 77.1 Å². The lowest BCUT2D eigenvalue weighted by Crippen LogP contribution is -2.28. The highest BCUT2D eigenvalue weighted by Crippen LogP contribution is 2.30. The maximum absolute atomic E-state index is 12.9. The van der Waals surface area contributed by atoms with Crippen molar-refractivity contribution in [3.63, 3.8) is 0 Å². The van der Waals surface area contributed by atoms with Crippen molar-refractivity contribution < 1.29 is 23.5 Å². The predicted octanol–water partition coefficient (Wildman–Crippen LogP) is 2.87. The van der Waals surface area contributed by atoms with Crippen LogP contribution in [0.1, 0.15) is 23.7 Å². The molecule has 10 nitrogen and oxygen atoms in total. The highest BCUT2D eigenvalue weighted by molar-refractivity contribution is 7.91. The number of aromatic hydroxyl groups is 1. The van der Waals surface area contributed by atoms with Crippen molar-refractivity contribution in [1.82, 2.24) is 25.2 Å². The summed E-state index contributed by atoms with van der Waals surface area (Å²) in [4.78, 5) is 12.8. The lowest BCUT2D eigenvalue weighted by Gasteiger charge is -2.19. The van der Waals surface area contributed by atoms with Crippen LogP contribution in [0.2, 0.25) is 0 Å². The molecule has 0 saturated heterocycles. The summed E-state index contributed by atoms with van der Waals surface area (Å²) in [5.74, 6) is -0.513. The Morgan fingerprint density at radius 2 is 1.80 bits per heavy atom. The minimum atomic E-state index is -3.80. The van der Waals surface area contributed by atoms with E-state index in [2.05, 4.69) is 15.0 Å². The molecular weight excluding hydrogens is 490 g/mol. The Hall–Kier alpha value is -3.58. The maximum Gasteiger partial charge on any atom is 0.250 e. The van der Waals surface area contributed by atoms with Crippen LogP contribution in [0.3, 0.4) is 0 Å². The normalized spacial score (nSPS) is 12.4. The summed E-state index contributed by atoms with van der Waals surface area (Å²) in [6.07, 6.45) is 1.64. The summed E-state index contributed by atoms with van der Waals surface area (Å²) in [5, 5.41) is 26.5. The highest BCUT2D eigenvalue weighted by atomic mass is 32.2. The van der Waals surface area contributed by atoms with Crippen LogP contribution in [0, 0.1) is 0 Å². The Bertz CT molecular complexity index is 1390. The average Bonchev–Trinajstić information content (AvgIpc) is 3.55. The molecule has 0 radical (unpaired) electrons. The number of sulfonamides is 1. The third kappa shape index (κ3) is 6.11. The van der Waals surface area contributed by atoms with Crippen LogP contribution in [0.25, 0.3) is 10.4 Å². The van der Waals surface area contributed by atoms with E-state index in [1.54, 1.807) is 29.7 Å². The second-order valence-corrected chi connectivity index (χ2v) is 10.8. The van der Waals surface area contributed by atoms with Crippen molar-refractivity contribution in [3.8, 4) is 16.2 Å². The molecule has 0 fully saturated rings. The monoisotopic (exact) mass is 513 g/mol. The molecule has 0 saturated carbocycles. The number of phenols is 1. The Kier molecular flexibility index (Phi) is 7.56. The summed E-state index contributed by atoms with van der Waals surface area (Å²) in [6, 6.07) is 18.7. The number of hydroxylamine groups is 1. The van der Waals surface area contributed by atoms with Gasteiger partial charge in [0.1, 0.15) is 9.96 Å². The van der Waals surface area contributed by atoms with Crippen molar-refractivity contribution in [2.24, 2.45) is 0 Å². The van der Waals surface area contributed by atoms with Crippen molar-refractivity contribution in [2.75, 3.05) is 0 Å². The van der Waals surface area contributed by atoms with Gasteiger partial charge in [-0.25, -0.2) is 23.3 Å². The molecule has 0 spiro atoms. The van der Waals surface area contributed by atoms with E-state index in [0.717, 1.165) is 16.0 Å². The van der Waals surface area contributed by atoms with Gasteiger partial charge < -0.3 is 5.11 Å². The van der Waals surface area contributed by atoms with E-state index >= 15 is 0 Å². The van der Waals surface area contributed by atoms with Gasteiger partial charge in [0.2, 0.25) is 15.9 Å². The molecule has 2 aromatic carbocycles. The van der Waals surface area contributed by atoms with Gasteiger partial charge in [0, 0.05) is 4.88 Å². The van der Waals surface area contributed by atoms with Crippen LogP contribution >= 0.6 is 11.3 Å². The van der Waals surface area contributed by atoms with Crippen LogP contribution in [-0.2, 0) is 27.8 Å². The smallest absolute Gasteiger partial charge is 0.250 e. The van der Waals surface area contributed by atoms with Gasteiger partial charge in [-0.05, 0) is 41.8 Å².